The van der Waals surface area contributed by atoms with Crippen LogP contribution in [0.4, 0.5) is 13.2 Å². The molecular weight excluding hydrogens is 371 g/mol. The van der Waals surface area contributed by atoms with Crippen LogP contribution in [0.5, 0.6) is 0 Å². The quantitative estimate of drug-likeness (QED) is 0.350. The second kappa shape index (κ2) is 5.34. The average Bonchev–Trinajstić information content (AvgIpc) is 2.25. The van der Waals surface area contributed by atoms with E-state index in [1.807, 2.05) is 0 Å². The van der Waals surface area contributed by atoms with E-state index >= 15 is 0 Å². The number of benzene rings is 1. The first-order chi connectivity index (χ1) is 7.81. The predicted octanol–water partition coefficient (Wildman–Crippen LogP) is 3.54. The average molecular weight is 376 g/mol. The normalized spacial score (nSPS) is 11.4. The summed E-state index contributed by atoms with van der Waals surface area (Å²) in [6.07, 6.45) is -4.34. The molecule has 2 nitrogen and oxygen atoms in total. The fourth-order valence-electron chi connectivity index (χ4n) is 1.25. The fourth-order valence-corrected chi connectivity index (χ4v) is 2.33. The molecule has 17 heavy (non-hydrogen) atoms. The Balaban J connectivity index is 3.46. The molecule has 0 N–H and O–H groups in total. The topological polar surface area (TPSA) is 34.1 Å². The SMILES string of the molecule is O=Cc1cc(C(F)(F)F)cc(I)c1C(=O)CCl. The van der Waals surface area contributed by atoms with Crippen LogP contribution in [0, 0.1) is 3.57 Å². The van der Waals surface area contributed by atoms with Gasteiger partial charge in [-0.3, -0.25) is 9.59 Å². The lowest BCUT2D eigenvalue weighted by molar-refractivity contribution is -0.137. The minimum Gasteiger partial charge on any atom is -0.298 e. The highest BCUT2D eigenvalue weighted by Crippen LogP contribution is 2.32. The van der Waals surface area contributed by atoms with Crippen LogP contribution in [0.3, 0.4) is 0 Å². The monoisotopic (exact) mass is 376 g/mol. The zero-order chi connectivity index (χ0) is 13.2. The summed E-state index contributed by atoms with van der Waals surface area (Å²) in [6, 6.07) is 1.46. The van der Waals surface area contributed by atoms with Gasteiger partial charge in [0.15, 0.2) is 12.1 Å². The highest BCUT2D eigenvalue weighted by atomic mass is 127. The summed E-state index contributed by atoms with van der Waals surface area (Å²) in [5.41, 5.74) is -1.33. The molecule has 0 saturated carbocycles. The van der Waals surface area contributed by atoms with Crippen molar-refractivity contribution in [2.75, 3.05) is 5.88 Å². The molecule has 92 valence electrons. The maximum Gasteiger partial charge on any atom is 0.416 e. The number of carbonyl (C=O) groups excluding carboxylic acids is 2. The fraction of sp³-hybridized carbons (Fsp3) is 0.200. The Morgan fingerprint density at radius 1 is 1.41 bits per heavy atom. The Morgan fingerprint density at radius 2 is 2.00 bits per heavy atom. The molecule has 0 spiro atoms. The van der Waals surface area contributed by atoms with E-state index in [-0.39, 0.29) is 26.9 Å². The van der Waals surface area contributed by atoms with Gasteiger partial charge in [-0.1, -0.05) is 0 Å². The number of carbonyl (C=O) groups is 2. The van der Waals surface area contributed by atoms with E-state index in [1.54, 1.807) is 22.6 Å². The van der Waals surface area contributed by atoms with Crippen molar-refractivity contribution < 1.29 is 22.8 Å². The maximum absolute atomic E-state index is 12.5. The highest BCUT2D eigenvalue weighted by Gasteiger charge is 2.32. The van der Waals surface area contributed by atoms with Crippen LogP contribution in [0.15, 0.2) is 12.1 Å². The van der Waals surface area contributed by atoms with Crippen LogP contribution in [0.25, 0.3) is 0 Å². The van der Waals surface area contributed by atoms with Crippen molar-refractivity contribution in [3.63, 3.8) is 0 Å². The van der Waals surface area contributed by atoms with Gasteiger partial charge in [-0.2, -0.15) is 13.2 Å². The van der Waals surface area contributed by atoms with Gasteiger partial charge in [-0.05, 0) is 34.7 Å². The van der Waals surface area contributed by atoms with Gasteiger partial charge in [0.05, 0.1) is 11.4 Å². The smallest absolute Gasteiger partial charge is 0.298 e. The summed E-state index contributed by atoms with van der Waals surface area (Å²) in [5, 5.41) is 0. The highest BCUT2D eigenvalue weighted by molar-refractivity contribution is 14.1. The molecule has 0 atom stereocenters. The molecule has 0 saturated heterocycles. The van der Waals surface area contributed by atoms with Crippen LogP contribution in [-0.2, 0) is 6.18 Å². The van der Waals surface area contributed by atoms with Gasteiger partial charge in [-0.25, -0.2) is 0 Å². The van der Waals surface area contributed by atoms with Gasteiger partial charge < -0.3 is 0 Å². The van der Waals surface area contributed by atoms with E-state index in [0.29, 0.717) is 6.07 Å². The minimum atomic E-state index is -4.56. The maximum atomic E-state index is 12.5. The number of Topliss-reactive ketones (excluding diaryl/α,β-unsaturated/α-hetero) is 1. The number of ketones is 1. The van der Waals surface area contributed by atoms with Gasteiger partial charge in [0.25, 0.3) is 0 Å². The first-order valence-electron chi connectivity index (χ1n) is 4.26. The molecule has 1 aromatic carbocycles. The standard InChI is InChI=1S/C10H5ClF3IO2/c11-3-8(17)9-5(4-16)1-6(2-7(9)15)10(12,13)14/h1-2,4H,3H2. The van der Waals surface area contributed by atoms with Crippen molar-refractivity contribution >= 4 is 46.3 Å². The number of halogens is 5. The van der Waals surface area contributed by atoms with Crippen molar-refractivity contribution in [3.05, 3.63) is 32.4 Å². The summed E-state index contributed by atoms with van der Waals surface area (Å²) >= 11 is 6.90. The first-order valence-corrected chi connectivity index (χ1v) is 5.87. The summed E-state index contributed by atoms with van der Waals surface area (Å²) in [7, 11) is 0. The predicted molar refractivity (Wildman–Crippen MR) is 64.6 cm³/mol. The number of alkyl halides is 4. The van der Waals surface area contributed by atoms with Crippen LogP contribution in [0.2, 0.25) is 0 Å². The molecule has 0 heterocycles. The number of hydrogen-bond donors (Lipinski definition) is 0. The molecule has 0 aliphatic rings. The summed E-state index contributed by atoms with van der Waals surface area (Å²) in [6.45, 7) is 0. The number of rotatable bonds is 3. The zero-order valence-electron chi connectivity index (χ0n) is 8.15. The first kappa shape index (κ1) is 14.4. The van der Waals surface area contributed by atoms with Crippen LogP contribution < -0.4 is 0 Å². The van der Waals surface area contributed by atoms with Crippen LogP contribution in [-0.4, -0.2) is 17.9 Å². The van der Waals surface area contributed by atoms with Crippen molar-refractivity contribution in [2.45, 2.75) is 6.18 Å². The second-order valence-electron chi connectivity index (χ2n) is 3.09. The summed E-state index contributed by atoms with van der Waals surface area (Å²) in [4.78, 5) is 22.1. The largest absolute Gasteiger partial charge is 0.416 e. The van der Waals surface area contributed by atoms with Crippen molar-refractivity contribution in [1.82, 2.24) is 0 Å². The lowest BCUT2D eigenvalue weighted by Gasteiger charge is -2.11. The zero-order valence-corrected chi connectivity index (χ0v) is 11.1. The molecular formula is C10H5ClF3IO2. The van der Waals surface area contributed by atoms with E-state index in [0.717, 1.165) is 6.07 Å². The molecule has 0 bridgehead atoms. The number of aldehydes is 1. The molecule has 0 unspecified atom stereocenters. The molecule has 7 heteroatoms. The second-order valence-corrected chi connectivity index (χ2v) is 4.52. The Bertz CT molecular complexity index is 471. The molecule has 0 amide bonds. The molecule has 0 aliphatic heterocycles. The molecule has 1 aromatic rings. The Labute approximate surface area is 113 Å². The van der Waals surface area contributed by atoms with Crippen molar-refractivity contribution in [2.24, 2.45) is 0 Å². The van der Waals surface area contributed by atoms with E-state index < -0.39 is 17.5 Å². The minimum absolute atomic E-state index is 0.0603. The third kappa shape index (κ3) is 3.19. The van der Waals surface area contributed by atoms with Crippen LogP contribution in [0.1, 0.15) is 26.3 Å². The molecule has 0 aromatic heterocycles. The molecule has 0 radical (unpaired) electrons. The van der Waals surface area contributed by atoms with E-state index in [4.69, 9.17) is 11.6 Å². The Hall–Kier alpha value is -0.630. The third-order valence-electron chi connectivity index (χ3n) is 1.98. The lowest BCUT2D eigenvalue weighted by atomic mass is 10.0. The summed E-state index contributed by atoms with van der Waals surface area (Å²) in [5.74, 6) is -0.964. The molecule has 0 fully saturated rings. The Morgan fingerprint density at radius 3 is 2.41 bits per heavy atom. The third-order valence-corrected chi connectivity index (χ3v) is 3.07. The summed E-state index contributed by atoms with van der Waals surface area (Å²) < 4.78 is 37.5. The number of hydrogen-bond acceptors (Lipinski definition) is 2. The van der Waals surface area contributed by atoms with Gasteiger partial charge in [0, 0.05) is 14.7 Å². The van der Waals surface area contributed by atoms with Gasteiger partial charge in [-0.15, -0.1) is 11.6 Å². The van der Waals surface area contributed by atoms with Crippen molar-refractivity contribution in [1.29, 1.82) is 0 Å². The van der Waals surface area contributed by atoms with E-state index in [2.05, 4.69) is 0 Å². The molecule has 0 aliphatic carbocycles. The van der Waals surface area contributed by atoms with Crippen LogP contribution >= 0.6 is 34.2 Å². The van der Waals surface area contributed by atoms with Gasteiger partial charge in [0.1, 0.15) is 0 Å². The van der Waals surface area contributed by atoms with E-state index in [9.17, 15) is 22.8 Å². The molecule has 1 rings (SSSR count). The van der Waals surface area contributed by atoms with Crippen molar-refractivity contribution in [3.8, 4) is 0 Å². The van der Waals surface area contributed by atoms with E-state index in [1.165, 1.54) is 0 Å². The lowest BCUT2D eigenvalue weighted by Crippen LogP contribution is -2.12. The Kier molecular flexibility index (Phi) is 4.54. The van der Waals surface area contributed by atoms with Gasteiger partial charge in [0.2, 0.25) is 0 Å². The van der Waals surface area contributed by atoms with Gasteiger partial charge >= 0.3 is 6.18 Å².